The lowest BCUT2D eigenvalue weighted by molar-refractivity contribution is 0.190. The van der Waals surface area contributed by atoms with Gasteiger partial charge in [0.2, 0.25) is 0 Å². The fraction of sp³-hybridized carbons (Fsp3) is 0.412. The monoisotopic (exact) mass is 280 g/mol. The van der Waals surface area contributed by atoms with Crippen LogP contribution in [-0.4, -0.2) is 34.1 Å². The molecule has 0 unspecified atom stereocenters. The third kappa shape index (κ3) is 3.32. The first-order valence-corrected chi connectivity index (χ1v) is 7.52. The van der Waals surface area contributed by atoms with E-state index >= 15 is 0 Å². The Bertz CT molecular complexity index is 603. The minimum atomic E-state index is 0.563. The van der Waals surface area contributed by atoms with Crippen LogP contribution in [0.1, 0.15) is 12.8 Å². The van der Waals surface area contributed by atoms with Gasteiger partial charge in [0.05, 0.1) is 12.6 Å². The van der Waals surface area contributed by atoms with Gasteiger partial charge in [0.15, 0.2) is 0 Å². The number of likely N-dealkylation sites (tertiary alicyclic amines) is 1. The van der Waals surface area contributed by atoms with Crippen molar-refractivity contribution in [3.63, 3.8) is 0 Å². The van der Waals surface area contributed by atoms with Crippen LogP contribution < -0.4 is 0 Å². The molecule has 0 atom stereocenters. The van der Waals surface area contributed by atoms with Crippen molar-refractivity contribution in [2.24, 2.45) is 5.92 Å². The van der Waals surface area contributed by atoms with E-state index in [0.717, 1.165) is 38.3 Å². The number of nitriles is 1. The Labute approximate surface area is 125 Å². The first kappa shape index (κ1) is 13.8. The quantitative estimate of drug-likeness (QED) is 0.809. The second-order valence-corrected chi connectivity index (χ2v) is 5.65. The van der Waals surface area contributed by atoms with E-state index < -0.39 is 0 Å². The predicted molar refractivity (Wildman–Crippen MR) is 82.4 cm³/mol. The maximum absolute atomic E-state index is 8.75. The number of hydrogen-bond acceptors (Lipinski definition) is 3. The SMILES string of the molecule is N#CCN1CCC(Cn2ccnc2-c2ccccc2)CC1. The summed E-state index contributed by atoms with van der Waals surface area (Å²) in [7, 11) is 0. The van der Waals surface area contributed by atoms with Crippen LogP contribution in [0, 0.1) is 17.2 Å². The molecule has 1 aromatic heterocycles. The molecule has 0 radical (unpaired) electrons. The van der Waals surface area contributed by atoms with Crippen molar-refractivity contribution in [1.29, 1.82) is 5.26 Å². The zero-order valence-electron chi connectivity index (χ0n) is 12.2. The van der Waals surface area contributed by atoms with Crippen molar-refractivity contribution in [3.05, 3.63) is 42.7 Å². The van der Waals surface area contributed by atoms with Crippen LogP contribution in [0.25, 0.3) is 11.4 Å². The molecule has 0 spiro atoms. The third-order valence-corrected chi connectivity index (χ3v) is 4.20. The van der Waals surface area contributed by atoms with Crippen LogP contribution in [-0.2, 0) is 6.54 Å². The zero-order chi connectivity index (χ0) is 14.5. The Kier molecular flexibility index (Phi) is 4.32. The normalized spacial score (nSPS) is 16.7. The van der Waals surface area contributed by atoms with Gasteiger partial charge in [-0.1, -0.05) is 30.3 Å². The van der Waals surface area contributed by atoms with E-state index in [4.69, 9.17) is 5.26 Å². The molecule has 1 fully saturated rings. The summed E-state index contributed by atoms with van der Waals surface area (Å²) in [5, 5.41) is 8.75. The first-order valence-electron chi connectivity index (χ1n) is 7.52. The Hall–Kier alpha value is -2.12. The highest BCUT2D eigenvalue weighted by Gasteiger charge is 2.20. The molecular weight excluding hydrogens is 260 g/mol. The molecule has 0 bridgehead atoms. The molecule has 0 saturated carbocycles. The Balaban J connectivity index is 1.65. The maximum atomic E-state index is 8.75. The number of piperidine rings is 1. The molecule has 4 heteroatoms. The van der Waals surface area contributed by atoms with E-state index in [9.17, 15) is 0 Å². The van der Waals surface area contributed by atoms with E-state index in [0.29, 0.717) is 12.5 Å². The molecule has 4 nitrogen and oxygen atoms in total. The van der Waals surface area contributed by atoms with Crippen LogP contribution in [0.15, 0.2) is 42.7 Å². The molecule has 2 heterocycles. The van der Waals surface area contributed by atoms with Crippen molar-refractivity contribution >= 4 is 0 Å². The lowest BCUT2D eigenvalue weighted by Crippen LogP contribution is -2.35. The van der Waals surface area contributed by atoms with Crippen LogP contribution in [0.5, 0.6) is 0 Å². The predicted octanol–water partition coefficient (Wildman–Crippen LogP) is 2.79. The number of aromatic nitrogens is 2. The minimum Gasteiger partial charge on any atom is -0.331 e. The fourth-order valence-electron chi connectivity index (χ4n) is 3.01. The summed E-state index contributed by atoms with van der Waals surface area (Å²) in [6.07, 6.45) is 6.28. The van der Waals surface area contributed by atoms with Gasteiger partial charge in [-0.15, -0.1) is 0 Å². The molecule has 0 amide bonds. The van der Waals surface area contributed by atoms with Crippen molar-refractivity contribution in [2.75, 3.05) is 19.6 Å². The summed E-state index contributed by atoms with van der Waals surface area (Å²) in [6.45, 7) is 3.65. The smallest absolute Gasteiger partial charge is 0.139 e. The molecule has 1 aliphatic rings. The summed E-state index contributed by atoms with van der Waals surface area (Å²) in [6, 6.07) is 12.6. The van der Waals surface area contributed by atoms with Crippen molar-refractivity contribution in [2.45, 2.75) is 19.4 Å². The van der Waals surface area contributed by atoms with E-state index in [1.807, 2.05) is 12.3 Å². The van der Waals surface area contributed by atoms with Gasteiger partial charge < -0.3 is 4.57 Å². The van der Waals surface area contributed by atoms with Crippen molar-refractivity contribution in [3.8, 4) is 17.5 Å². The van der Waals surface area contributed by atoms with Gasteiger partial charge in [0, 0.05) is 24.5 Å². The van der Waals surface area contributed by atoms with Gasteiger partial charge >= 0.3 is 0 Å². The number of benzene rings is 1. The van der Waals surface area contributed by atoms with Gasteiger partial charge in [-0.05, 0) is 31.8 Å². The van der Waals surface area contributed by atoms with Gasteiger partial charge in [0.1, 0.15) is 5.82 Å². The largest absolute Gasteiger partial charge is 0.331 e. The molecule has 1 aromatic carbocycles. The molecule has 1 aliphatic heterocycles. The van der Waals surface area contributed by atoms with Crippen LogP contribution >= 0.6 is 0 Å². The molecule has 1 saturated heterocycles. The third-order valence-electron chi connectivity index (χ3n) is 4.20. The standard InChI is InChI=1S/C17H20N4/c18-8-12-20-10-6-15(7-11-20)14-21-13-9-19-17(21)16-4-2-1-3-5-16/h1-5,9,13,15H,6-7,10-12,14H2. The molecule has 21 heavy (non-hydrogen) atoms. The Morgan fingerprint density at radius 3 is 2.67 bits per heavy atom. The van der Waals surface area contributed by atoms with Gasteiger partial charge in [-0.25, -0.2) is 4.98 Å². The topological polar surface area (TPSA) is 44.9 Å². The second kappa shape index (κ2) is 6.55. The summed E-state index contributed by atoms with van der Waals surface area (Å²) in [5.74, 6) is 1.73. The molecule has 3 rings (SSSR count). The number of rotatable bonds is 4. The average molecular weight is 280 g/mol. The molecule has 0 N–H and O–H groups in total. The van der Waals surface area contributed by atoms with Crippen LogP contribution in [0.4, 0.5) is 0 Å². The second-order valence-electron chi connectivity index (χ2n) is 5.65. The zero-order valence-corrected chi connectivity index (χ0v) is 12.2. The maximum Gasteiger partial charge on any atom is 0.139 e. The summed E-state index contributed by atoms with van der Waals surface area (Å²) >= 11 is 0. The van der Waals surface area contributed by atoms with E-state index in [1.165, 1.54) is 5.56 Å². The van der Waals surface area contributed by atoms with E-state index in [-0.39, 0.29) is 0 Å². The Morgan fingerprint density at radius 1 is 1.19 bits per heavy atom. The summed E-state index contributed by atoms with van der Waals surface area (Å²) < 4.78 is 2.26. The van der Waals surface area contributed by atoms with E-state index in [2.05, 4.69) is 51.0 Å². The lowest BCUT2D eigenvalue weighted by atomic mass is 9.96. The summed E-state index contributed by atoms with van der Waals surface area (Å²) in [5.41, 5.74) is 1.17. The number of hydrogen-bond donors (Lipinski definition) is 0. The molecular formula is C17H20N4. The number of imidazole rings is 1. The van der Waals surface area contributed by atoms with Crippen molar-refractivity contribution < 1.29 is 0 Å². The summed E-state index contributed by atoms with van der Waals surface area (Å²) in [4.78, 5) is 6.74. The van der Waals surface area contributed by atoms with Gasteiger partial charge in [0.25, 0.3) is 0 Å². The highest BCUT2D eigenvalue weighted by atomic mass is 15.1. The van der Waals surface area contributed by atoms with Gasteiger partial charge in [-0.2, -0.15) is 5.26 Å². The highest BCUT2D eigenvalue weighted by Crippen LogP contribution is 2.23. The van der Waals surface area contributed by atoms with Crippen molar-refractivity contribution in [1.82, 2.24) is 14.5 Å². The fourth-order valence-corrected chi connectivity index (χ4v) is 3.01. The van der Waals surface area contributed by atoms with Crippen LogP contribution in [0.2, 0.25) is 0 Å². The average Bonchev–Trinajstić information content (AvgIpc) is 2.98. The lowest BCUT2D eigenvalue weighted by Gasteiger charge is -2.30. The van der Waals surface area contributed by atoms with E-state index in [1.54, 1.807) is 0 Å². The molecule has 108 valence electrons. The Morgan fingerprint density at radius 2 is 1.95 bits per heavy atom. The van der Waals surface area contributed by atoms with Crippen LogP contribution in [0.3, 0.4) is 0 Å². The highest BCUT2D eigenvalue weighted by molar-refractivity contribution is 5.55. The molecule has 0 aliphatic carbocycles. The van der Waals surface area contributed by atoms with Gasteiger partial charge in [-0.3, -0.25) is 4.90 Å². The first-order chi connectivity index (χ1) is 10.4. The number of nitrogens with zero attached hydrogens (tertiary/aromatic N) is 4. The minimum absolute atomic E-state index is 0.563. The molecule has 2 aromatic rings.